The van der Waals surface area contributed by atoms with Gasteiger partial charge in [0.05, 0.1) is 5.70 Å². The summed E-state index contributed by atoms with van der Waals surface area (Å²) in [5.41, 5.74) is 12.5. The summed E-state index contributed by atoms with van der Waals surface area (Å²) in [7, 11) is 0. The molecule has 3 N–H and O–H groups in total. The van der Waals surface area contributed by atoms with E-state index in [1.807, 2.05) is 6.92 Å². The van der Waals surface area contributed by atoms with Gasteiger partial charge in [-0.15, -0.1) is 0 Å². The zero-order valence-electron chi connectivity index (χ0n) is 14.6. The van der Waals surface area contributed by atoms with E-state index in [9.17, 15) is 0 Å². The number of hydrazine groups is 1. The van der Waals surface area contributed by atoms with E-state index >= 15 is 0 Å². The van der Waals surface area contributed by atoms with Gasteiger partial charge >= 0.3 is 0 Å². The Morgan fingerprint density at radius 2 is 1.88 bits per heavy atom. The average molecular weight is 333 g/mol. The molecule has 0 aromatic heterocycles. The van der Waals surface area contributed by atoms with Crippen molar-refractivity contribution in [1.82, 2.24) is 15.8 Å². The van der Waals surface area contributed by atoms with E-state index < -0.39 is 0 Å². The van der Waals surface area contributed by atoms with E-state index in [0.717, 1.165) is 36.7 Å². The predicted molar refractivity (Wildman–Crippen MR) is 103 cm³/mol. The molecule has 3 aliphatic rings. The van der Waals surface area contributed by atoms with Crippen molar-refractivity contribution >= 4 is 11.6 Å². The molecule has 1 aromatic carbocycles. The molecule has 0 unspecified atom stereocenters. The number of benzene rings is 1. The monoisotopic (exact) mass is 333 g/mol. The second-order valence-corrected chi connectivity index (χ2v) is 6.63. The molecule has 2 aliphatic heterocycles. The number of aliphatic imine (C=N–C) groups is 1. The van der Waals surface area contributed by atoms with Crippen LogP contribution in [0.15, 0.2) is 76.2 Å². The lowest BCUT2D eigenvalue weighted by Crippen LogP contribution is -2.45. The highest BCUT2D eigenvalue weighted by molar-refractivity contribution is 5.94. The molecular weight excluding hydrogens is 310 g/mol. The van der Waals surface area contributed by atoms with E-state index in [1.165, 1.54) is 16.7 Å². The number of allylic oxidation sites excluding steroid dienone is 4. The lowest BCUT2D eigenvalue weighted by Gasteiger charge is -2.27. The van der Waals surface area contributed by atoms with Crippen LogP contribution in [0.25, 0.3) is 0 Å². The molecular formula is C20H23N5. The Balaban J connectivity index is 1.51. The Hall–Kier alpha value is -2.95. The number of nitrogens with one attached hydrogen (secondary N) is 3. The fraction of sp³-hybridized carbons (Fsp3) is 0.250. The van der Waals surface area contributed by atoms with E-state index in [4.69, 9.17) is 4.99 Å². The van der Waals surface area contributed by atoms with Gasteiger partial charge in [0.2, 0.25) is 5.96 Å². The van der Waals surface area contributed by atoms with Crippen LogP contribution in [0.4, 0.5) is 5.69 Å². The first kappa shape index (κ1) is 15.6. The third-order valence-electron chi connectivity index (χ3n) is 4.64. The molecule has 1 aliphatic carbocycles. The molecule has 5 nitrogen and oxygen atoms in total. The van der Waals surface area contributed by atoms with Crippen molar-refractivity contribution in [2.75, 3.05) is 18.4 Å². The molecule has 5 heteroatoms. The van der Waals surface area contributed by atoms with Crippen LogP contribution in [0.3, 0.4) is 0 Å². The number of guanidine groups is 1. The van der Waals surface area contributed by atoms with Crippen molar-refractivity contribution in [2.45, 2.75) is 20.3 Å². The summed E-state index contributed by atoms with van der Waals surface area (Å²) in [4.78, 5) is 7.14. The normalized spacial score (nSPS) is 19.3. The summed E-state index contributed by atoms with van der Waals surface area (Å²) in [6, 6.07) is 8.28. The van der Waals surface area contributed by atoms with Crippen molar-refractivity contribution in [2.24, 2.45) is 4.99 Å². The van der Waals surface area contributed by atoms with Gasteiger partial charge in [0.25, 0.3) is 0 Å². The lowest BCUT2D eigenvalue weighted by atomic mass is 10.1. The second kappa shape index (κ2) is 6.51. The Kier molecular flexibility index (Phi) is 4.06. The van der Waals surface area contributed by atoms with Gasteiger partial charge in [-0.3, -0.25) is 10.9 Å². The fourth-order valence-electron chi connectivity index (χ4n) is 3.25. The molecule has 0 saturated heterocycles. The summed E-state index contributed by atoms with van der Waals surface area (Å²) in [5, 5.41) is 3.33. The van der Waals surface area contributed by atoms with Crippen LogP contribution in [0.2, 0.25) is 0 Å². The minimum absolute atomic E-state index is 0.710. The largest absolute Gasteiger partial charge is 0.347 e. The maximum Gasteiger partial charge on any atom is 0.221 e. The molecule has 0 atom stereocenters. The number of nitrogens with zero attached hydrogens (tertiary/aromatic N) is 2. The van der Waals surface area contributed by atoms with Gasteiger partial charge < -0.3 is 10.2 Å². The molecule has 0 saturated carbocycles. The van der Waals surface area contributed by atoms with Crippen LogP contribution >= 0.6 is 0 Å². The molecule has 0 fully saturated rings. The highest BCUT2D eigenvalue weighted by atomic mass is 15.5. The predicted octanol–water partition coefficient (Wildman–Crippen LogP) is 3.19. The van der Waals surface area contributed by atoms with Crippen LogP contribution in [0.1, 0.15) is 18.9 Å². The van der Waals surface area contributed by atoms with Gasteiger partial charge in [0.1, 0.15) is 0 Å². The average Bonchev–Trinajstić information content (AvgIpc) is 2.89. The molecule has 128 valence electrons. The molecule has 0 spiro atoms. The summed E-state index contributed by atoms with van der Waals surface area (Å²) < 4.78 is 0. The summed E-state index contributed by atoms with van der Waals surface area (Å²) in [6.45, 7) is 5.97. The quantitative estimate of drug-likeness (QED) is 0.778. The minimum atomic E-state index is 0.710. The number of anilines is 1. The number of hydrogen-bond donors (Lipinski definition) is 3. The smallest absolute Gasteiger partial charge is 0.221 e. The SMILES string of the molecule is CC1=C(N2CC3=C(CC=CC=C3)C2)N=C(Nc2ccc(C)cc2)NN1. The van der Waals surface area contributed by atoms with Crippen molar-refractivity contribution < 1.29 is 0 Å². The molecule has 4 rings (SSSR count). The van der Waals surface area contributed by atoms with Gasteiger partial charge in [-0.05, 0) is 43.5 Å². The molecule has 0 bridgehead atoms. The Morgan fingerprint density at radius 3 is 2.72 bits per heavy atom. The Bertz CT molecular complexity index is 824. The Labute approximate surface area is 148 Å². The van der Waals surface area contributed by atoms with Crippen molar-refractivity contribution in [3.8, 4) is 0 Å². The first-order valence-electron chi connectivity index (χ1n) is 8.63. The van der Waals surface area contributed by atoms with E-state index in [0.29, 0.717) is 5.96 Å². The standard InChI is InChI=1S/C20H23N5/c1-14-8-10-18(11-9-14)21-20-22-19(15(2)23-24-20)25-12-16-6-4-3-5-7-17(16)13-25/h3-6,8-11,23H,7,12-13H2,1-2H3,(H2,21,22,24). The van der Waals surface area contributed by atoms with Gasteiger partial charge in [-0.2, -0.15) is 4.99 Å². The summed E-state index contributed by atoms with van der Waals surface area (Å²) >= 11 is 0. The first-order chi connectivity index (χ1) is 12.2. The molecule has 25 heavy (non-hydrogen) atoms. The van der Waals surface area contributed by atoms with Crippen LogP contribution in [-0.2, 0) is 0 Å². The van der Waals surface area contributed by atoms with Gasteiger partial charge in [0, 0.05) is 18.8 Å². The summed E-state index contributed by atoms with van der Waals surface area (Å²) in [5.74, 6) is 1.70. The number of aryl methyl sites for hydroxylation is 1. The van der Waals surface area contributed by atoms with E-state index in [1.54, 1.807) is 0 Å². The number of rotatable bonds is 2. The second-order valence-electron chi connectivity index (χ2n) is 6.63. The van der Waals surface area contributed by atoms with Crippen LogP contribution in [0.5, 0.6) is 0 Å². The van der Waals surface area contributed by atoms with Crippen LogP contribution in [0, 0.1) is 6.92 Å². The fourth-order valence-corrected chi connectivity index (χ4v) is 3.25. The highest BCUT2D eigenvalue weighted by Gasteiger charge is 2.25. The van der Waals surface area contributed by atoms with Crippen molar-refractivity contribution in [3.05, 3.63) is 76.8 Å². The first-order valence-corrected chi connectivity index (χ1v) is 8.63. The maximum absolute atomic E-state index is 4.81. The van der Waals surface area contributed by atoms with Crippen molar-refractivity contribution in [3.63, 3.8) is 0 Å². The summed E-state index contributed by atoms with van der Waals surface area (Å²) in [6.07, 6.45) is 9.72. The van der Waals surface area contributed by atoms with Gasteiger partial charge in [-0.25, -0.2) is 0 Å². The topological polar surface area (TPSA) is 51.7 Å². The molecule has 0 radical (unpaired) electrons. The van der Waals surface area contributed by atoms with E-state index in [2.05, 4.69) is 76.6 Å². The molecule has 1 aromatic rings. The highest BCUT2D eigenvalue weighted by Crippen LogP contribution is 2.28. The molecule has 0 amide bonds. The minimum Gasteiger partial charge on any atom is -0.347 e. The third-order valence-corrected chi connectivity index (χ3v) is 4.64. The lowest BCUT2D eigenvalue weighted by molar-refractivity contribution is 0.412. The van der Waals surface area contributed by atoms with E-state index in [-0.39, 0.29) is 0 Å². The zero-order valence-corrected chi connectivity index (χ0v) is 14.6. The number of hydrogen-bond acceptors (Lipinski definition) is 5. The Morgan fingerprint density at radius 1 is 1.04 bits per heavy atom. The third kappa shape index (κ3) is 3.31. The maximum atomic E-state index is 4.81. The zero-order chi connectivity index (χ0) is 17.2. The van der Waals surface area contributed by atoms with Crippen LogP contribution < -0.4 is 16.2 Å². The molecule has 2 heterocycles. The van der Waals surface area contributed by atoms with Crippen molar-refractivity contribution in [1.29, 1.82) is 0 Å². The van der Waals surface area contributed by atoms with Crippen LogP contribution in [-0.4, -0.2) is 23.9 Å². The van der Waals surface area contributed by atoms with Gasteiger partial charge in [0.15, 0.2) is 5.82 Å². The van der Waals surface area contributed by atoms with Gasteiger partial charge in [-0.1, -0.05) is 42.0 Å².